The molecule has 0 radical (unpaired) electrons. The molecule has 0 saturated carbocycles. The van der Waals surface area contributed by atoms with E-state index in [1.54, 1.807) is 12.5 Å². The van der Waals surface area contributed by atoms with E-state index in [-0.39, 0.29) is 6.04 Å². The smallest absolute Gasteiger partial charge is 0.0953 e. The summed E-state index contributed by atoms with van der Waals surface area (Å²) in [4.78, 5) is 0. The highest BCUT2D eigenvalue weighted by Gasteiger charge is 2.16. The van der Waals surface area contributed by atoms with Crippen LogP contribution < -0.4 is 5.32 Å². The van der Waals surface area contributed by atoms with Crippen molar-refractivity contribution in [2.24, 2.45) is 0 Å². The van der Waals surface area contributed by atoms with Crippen LogP contribution in [0.1, 0.15) is 29.7 Å². The number of halogens is 1. The van der Waals surface area contributed by atoms with Gasteiger partial charge < -0.3 is 9.73 Å². The molecule has 1 atom stereocenters. The van der Waals surface area contributed by atoms with Gasteiger partial charge in [0.25, 0.3) is 0 Å². The van der Waals surface area contributed by atoms with Crippen LogP contribution in [0.2, 0.25) is 0 Å². The molecule has 0 saturated heterocycles. The summed E-state index contributed by atoms with van der Waals surface area (Å²) in [5.41, 5.74) is 3.70. The largest absolute Gasteiger partial charge is 0.472 e. The van der Waals surface area contributed by atoms with E-state index >= 15 is 0 Å². The summed E-state index contributed by atoms with van der Waals surface area (Å²) in [6, 6.07) is 8.48. The number of nitrogens with one attached hydrogen (secondary N) is 1. The lowest BCUT2D eigenvalue weighted by atomic mass is 9.97. The highest BCUT2D eigenvalue weighted by molar-refractivity contribution is 9.10. The summed E-state index contributed by atoms with van der Waals surface area (Å²) in [6.45, 7) is 5.16. The first-order valence-corrected chi connectivity index (χ1v) is 6.53. The standard InChI is InChI=1S/C14H16BrNO/c1-3-16-14(11-7-8-17-9-11)12-5-4-6-13(15)10(12)2/h4-9,14,16H,3H2,1-2H3. The van der Waals surface area contributed by atoms with Gasteiger partial charge in [0, 0.05) is 10.0 Å². The molecule has 90 valence electrons. The summed E-state index contributed by atoms with van der Waals surface area (Å²) in [5.74, 6) is 0. The number of hydrogen-bond acceptors (Lipinski definition) is 2. The maximum atomic E-state index is 5.18. The molecule has 0 aliphatic rings. The van der Waals surface area contributed by atoms with Crippen molar-refractivity contribution in [2.75, 3.05) is 6.54 Å². The van der Waals surface area contributed by atoms with Crippen molar-refractivity contribution in [2.45, 2.75) is 19.9 Å². The fourth-order valence-corrected chi connectivity index (χ4v) is 2.37. The molecular weight excluding hydrogens is 278 g/mol. The van der Waals surface area contributed by atoms with Gasteiger partial charge in [-0.05, 0) is 36.7 Å². The Hall–Kier alpha value is -1.06. The quantitative estimate of drug-likeness (QED) is 0.920. The molecule has 2 aromatic rings. The molecule has 0 spiro atoms. The molecule has 0 fully saturated rings. The molecule has 1 aromatic heterocycles. The lowest BCUT2D eigenvalue weighted by Gasteiger charge is -2.19. The number of rotatable bonds is 4. The maximum absolute atomic E-state index is 5.18. The van der Waals surface area contributed by atoms with E-state index in [4.69, 9.17) is 4.42 Å². The predicted molar refractivity (Wildman–Crippen MR) is 73.1 cm³/mol. The molecule has 2 nitrogen and oxygen atoms in total. The third kappa shape index (κ3) is 2.61. The van der Waals surface area contributed by atoms with Gasteiger partial charge in [0.1, 0.15) is 0 Å². The maximum Gasteiger partial charge on any atom is 0.0953 e. The monoisotopic (exact) mass is 293 g/mol. The van der Waals surface area contributed by atoms with Crippen LogP contribution in [0, 0.1) is 6.92 Å². The molecule has 2 rings (SSSR count). The Balaban J connectivity index is 2.43. The highest BCUT2D eigenvalue weighted by atomic mass is 79.9. The zero-order valence-electron chi connectivity index (χ0n) is 10.0. The Morgan fingerprint density at radius 2 is 2.18 bits per heavy atom. The van der Waals surface area contributed by atoms with Crippen molar-refractivity contribution in [3.63, 3.8) is 0 Å². The van der Waals surface area contributed by atoms with Crippen LogP contribution in [0.4, 0.5) is 0 Å². The van der Waals surface area contributed by atoms with E-state index in [1.165, 1.54) is 11.1 Å². The van der Waals surface area contributed by atoms with Gasteiger partial charge in [0.15, 0.2) is 0 Å². The minimum Gasteiger partial charge on any atom is -0.472 e. The fraction of sp³-hybridized carbons (Fsp3) is 0.286. The van der Waals surface area contributed by atoms with E-state index in [9.17, 15) is 0 Å². The second kappa shape index (κ2) is 5.52. The predicted octanol–water partition coefficient (Wildman–Crippen LogP) is 4.05. The molecule has 0 aliphatic carbocycles. The first-order chi connectivity index (χ1) is 8.24. The first kappa shape index (κ1) is 12.4. The van der Waals surface area contributed by atoms with Crippen LogP contribution in [-0.4, -0.2) is 6.54 Å². The van der Waals surface area contributed by atoms with E-state index in [0.717, 1.165) is 16.6 Å². The highest BCUT2D eigenvalue weighted by Crippen LogP contribution is 2.29. The van der Waals surface area contributed by atoms with Gasteiger partial charge in [0.2, 0.25) is 0 Å². The number of benzene rings is 1. The summed E-state index contributed by atoms with van der Waals surface area (Å²) in [5, 5.41) is 3.49. The second-order valence-corrected chi connectivity index (χ2v) is 4.86. The summed E-state index contributed by atoms with van der Waals surface area (Å²) < 4.78 is 6.32. The summed E-state index contributed by atoms with van der Waals surface area (Å²) >= 11 is 3.58. The van der Waals surface area contributed by atoms with Crippen molar-refractivity contribution in [3.05, 3.63) is 58.0 Å². The molecule has 1 unspecified atom stereocenters. The van der Waals surface area contributed by atoms with Crippen molar-refractivity contribution in [1.82, 2.24) is 5.32 Å². The molecule has 0 amide bonds. The molecule has 17 heavy (non-hydrogen) atoms. The molecule has 1 heterocycles. The van der Waals surface area contributed by atoms with Crippen LogP contribution in [0.15, 0.2) is 45.7 Å². The Kier molecular flexibility index (Phi) is 4.02. The summed E-state index contributed by atoms with van der Waals surface area (Å²) in [6.07, 6.45) is 3.51. The Morgan fingerprint density at radius 1 is 1.35 bits per heavy atom. The third-order valence-corrected chi connectivity index (χ3v) is 3.76. The van der Waals surface area contributed by atoms with E-state index < -0.39 is 0 Å². The number of furan rings is 1. The lowest BCUT2D eigenvalue weighted by Crippen LogP contribution is -2.22. The average molecular weight is 294 g/mol. The van der Waals surface area contributed by atoms with Crippen LogP contribution in [0.5, 0.6) is 0 Å². The Labute approximate surface area is 110 Å². The minimum absolute atomic E-state index is 0.191. The molecular formula is C14H16BrNO. The van der Waals surface area contributed by atoms with Crippen LogP contribution in [0.3, 0.4) is 0 Å². The second-order valence-electron chi connectivity index (χ2n) is 4.00. The van der Waals surface area contributed by atoms with E-state index in [2.05, 4.69) is 53.3 Å². The lowest BCUT2D eigenvalue weighted by molar-refractivity contribution is 0.552. The van der Waals surface area contributed by atoms with Crippen LogP contribution >= 0.6 is 15.9 Å². The Bertz CT molecular complexity index is 479. The van der Waals surface area contributed by atoms with Gasteiger partial charge >= 0.3 is 0 Å². The normalized spacial score (nSPS) is 12.6. The SMILES string of the molecule is CCNC(c1ccoc1)c1cccc(Br)c1C. The molecule has 1 N–H and O–H groups in total. The zero-order chi connectivity index (χ0) is 12.3. The average Bonchev–Trinajstić information content (AvgIpc) is 2.84. The zero-order valence-corrected chi connectivity index (χ0v) is 11.6. The molecule has 0 bridgehead atoms. The number of hydrogen-bond donors (Lipinski definition) is 1. The van der Waals surface area contributed by atoms with Gasteiger partial charge in [-0.25, -0.2) is 0 Å². The van der Waals surface area contributed by atoms with Crippen molar-refractivity contribution >= 4 is 15.9 Å². The van der Waals surface area contributed by atoms with Gasteiger partial charge in [-0.3, -0.25) is 0 Å². The van der Waals surface area contributed by atoms with Crippen LogP contribution in [0.25, 0.3) is 0 Å². The Morgan fingerprint density at radius 3 is 2.82 bits per heavy atom. The van der Waals surface area contributed by atoms with Crippen LogP contribution in [-0.2, 0) is 0 Å². The molecule has 1 aromatic carbocycles. The minimum atomic E-state index is 0.191. The van der Waals surface area contributed by atoms with Gasteiger partial charge in [-0.15, -0.1) is 0 Å². The van der Waals surface area contributed by atoms with Crippen molar-refractivity contribution < 1.29 is 4.42 Å². The van der Waals surface area contributed by atoms with Gasteiger partial charge in [-0.1, -0.05) is 35.0 Å². The van der Waals surface area contributed by atoms with E-state index in [1.807, 2.05) is 6.07 Å². The van der Waals surface area contributed by atoms with Crippen molar-refractivity contribution in [1.29, 1.82) is 0 Å². The molecule has 3 heteroatoms. The van der Waals surface area contributed by atoms with Gasteiger partial charge in [-0.2, -0.15) is 0 Å². The first-order valence-electron chi connectivity index (χ1n) is 5.74. The summed E-state index contributed by atoms with van der Waals surface area (Å²) in [7, 11) is 0. The molecule has 0 aliphatic heterocycles. The fourth-order valence-electron chi connectivity index (χ4n) is 1.99. The topological polar surface area (TPSA) is 25.2 Å². The van der Waals surface area contributed by atoms with E-state index in [0.29, 0.717) is 0 Å². The third-order valence-electron chi connectivity index (χ3n) is 2.91. The van der Waals surface area contributed by atoms with Gasteiger partial charge in [0.05, 0.1) is 18.6 Å². The van der Waals surface area contributed by atoms with Crippen molar-refractivity contribution in [3.8, 4) is 0 Å².